The number of carbonyl (C=O) groups excluding carboxylic acids is 2. The number of benzene rings is 3. The smallest absolute Gasteiger partial charge is 0.407 e. The molecular formula is C34H39N3O5. The normalized spacial score (nSPS) is 13.6. The average Bonchev–Trinajstić information content (AvgIpc) is 2.97. The summed E-state index contributed by atoms with van der Waals surface area (Å²) in [6.07, 6.45) is 2.91. The van der Waals surface area contributed by atoms with Gasteiger partial charge >= 0.3 is 6.09 Å². The Balaban J connectivity index is 1.38. The first-order chi connectivity index (χ1) is 20.2. The van der Waals surface area contributed by atoms with Gasteiger partial charge in [0, 0.05) is 37.7 Å². The second-order valence-electron chi connectivity index (χ2n) is 11.5. The third-order valence-electron chi connectivity index (χ3n) is 6.97. The van der Waals surface area contributed by atoms with Gasteiger partial charge in [0.2, 0.25) is 0 Å². The van der Waals surface area contributed by atoms with Gasteiger partial charge in [0.1, 0.15) is 22.8 Å². The van der Waals surface area contributed by atoms with E-state index in [2.05, 4.69) is 23.5 Å². The molecule has 0 radical (unpaired) electrons. The van der Waals surface area contributed by atoms with Gasteiger partial charge in [-0.25, -0.2) is 4.79 Å². The topological polar surface area (TPSA) is 101 Å². The molecule has 0 saturated carbocycles. The number of nitrogens with zero attached hydrogens (tertiary/aromatic N) is 2. The van der Waals surface area contributed by atoms with E-state index in [0.717, 1.165) is 25.7 Å². The molecule has 0 bridgehead atoms. The SMILES string of the molecule is CC(C)(C)OC(=O)NCCC1CCN(C(=O)c2cc(OCCc3ccccc3)cc(Oc3ccc(C#N)cc3)c2)CC1. The molecule has 1 aliphatic rings. The van der Waals surface area contributed by atoms with Crippen LogP contribution in [-0.2, 0) is 11.2 Å². The van der Waals surface area contributed by atoms with E-state index in [-0.39, 0.29) is 5.91 Å². The Bertz CT molecular complexity index is 1370. The van der Waals surface area contributed by atoms with Crippen LogP contribution in [0.3, 0.4) is 0 Å². The molecule has 0 atom stereocenters. The van der Waals surface area contributed by atoms with Crippen LogP contribution >= 0.6 is 0 Å². The second-order valence-corrected chi connectivity index (χ2v) is 11.5. The third kappa shape index (κ3) is 9.55. The van der Waals surface area contributed by atoms with E-state index in [0.29, 0.717) is 60.5 Å². The molecule has 1 aliphatic heterocycles. The lowest BCUT2D eigenvalue weighted by molar-refractivity contribution is 0.0522. The summed E-state index contributed by atoms with van der Waals surface area (Å²) in [7, 11) is 0. The van der Waals surface area contributed by atoms with Crippen molar-refractivity contribution in [2.45, 2.75) is 52.1 Å². The first-order valence-electron chi connectivity index (χ1n) is 14.4. The monoisotopic (exact) mass is 569 g/mol. The van der Waals surface area contributed by atoms with Gasteiger partial charge in [-0.15, -0.1) is 0 Å². The van der Waals surface area contributed by atoms with Crippen molar-refractivity contribution >= 4 is 12.0 Å². The highest BCUT2D eigenvalue weighted by atomic mass is 16.6. The summed E-state index contributed by atoms with van der Waals surface area (Å²) in [6.45, 7) is 7.81. The van der Waals surface area contributed by atoms with Crippen molar-refractivity contribution in [1.82, 2.24) is 10.2 Å². The molecule has 0 unspecified atom stereocenters. The Morgan fingerprint density at radius 3 is 2.31 bits per heavy atom. The van der Waals surface area contributed by atoms with Crippen LogP contribution in [0.2, 0.25) is 0 Å². The first-order valence-corrected chi connectivity index (χ1v) is 14.4. The summed E-state index contributed by atoms with van der Waals surface area (Å²) >= 11 is 0. The van der Waals surface area contributed by atoms with Gasteiger partial charge in [-0.1, -0.05) is 30.3 Å². The molecule has 0 aromatic heterocycles. The van der Waals surface area contributed by atoms with E-state index < -0.39 is 11.7 Å². The van der Waals surface area contributed by atoms with Gasteiger partial charge < -0.3 is 24.4 Å². The molecule has 0 aliphatic carbocycles. The number of nitrogens with one attached hydrogen (secondary N) is 1. The number of hydrogen-bond acceptors (Lipinski definition) is 6. The fraction of sp³-hybridized carbons (Fsp3) is 0.382. The molecule has 1 N–H and O–H groups in total. The Labute approximate surface area is 248 Å². The Kier molecular flexibility index (Phi) is 10.4. The van der Waals surface area contributed by atoms with E-state index in [1.54, 1.807) is 42.5 Å². The Morgan fingerprint density at radius 2 is 1.64 bits per heavy atom. The number of carbonyl (C=O) groups is 2. The van der Waals surface area contributed by atoms with E-state index in [1.165, 1.54) is 5.56 Å². The lowest BCUT2D eigenvalue weighted by Gasteiger charge is -2.32. The molecule has 3 aromatic carbocycles. The van der Waals surface area contributed by atoms with Crippen LogP contribution in [0.4, 0.5) is 4.79 Å². The highest BCUT2D eigenvalue weighted by Gasteiger charge is 2.25. The molecule has 1 heterocycles. The fourth-order valence-electron chi connectivity index (χ4n) is 4.80. The first kappa shape index (κ1) is 30.4. The van der Waals surface area contributed by atoms with E-state index >= 15 is 0 Å². The molecule has 8 heteroatoms. The lowest BCUT2D eigenvalue weighted by Crippen LogP contribution is -2.39. The van der Waals surface area contributed by atoms with Gasteiger partial charge in [-0.2, -0.15) is 5.26 Å². The molecule has 1 fully saturated rings. The van der Waals surface area contributed by atoms with Crippen molar-refractivity contribution in [1.29, 1.82) is 5.26 Å². The second kappa shape index (κ2) is 14.4. The van der Waals surface area contributed by atoms with Crippen LogP contribution in [0.5, 0.6) is 17.2 Å². The molecular weight excluding hydrogens is 530 g/mol. The minimum atomic E-state index is -0.521. The van der Waals surface area contributed by atoms with E-state index in [9.17, 15) is 9.59 Å². The van der Waals surface area contributed by atoms with Crippen molar-refractivity contribution in [3.63, 3.8) is 0 Å². The van der Waals surface area contributed by atoms with E-state index in [4.69, 9.17) is 19.5 Å². The molecule has 42 heavy (non-hydrogen) atoms. The zero-order chi connectivity index (χ0) is 30.0. The van der Waals surface area contributed by atoms with Crippen molar-refractivity contribution in [3.05, 3.63) is 89.5 Å². The standard InChI is InChI=1S/C34H39N3O5/c1-34(2,3)42-33(39)36-17-13-26-14-18-37(19-15-26)32(38)28-21-30(40-20-16-25-7-5-4-6-8-25)23-31(22-28)41-29-11-9-27(24-35)10-12-29/h4-12,21-23,26H,13-20H2,1-3H3,(H,36,39). The number of ether oxygens (including phenoxy) is 3. The molecule has 8 nitrogen and oxygen atoms in total. The summed E-state index contributed by atoms with van der Waals surface area (Å²) in [4.78, 5) is 27.4. The summed E-state index contributed by atoms with van der Waals surface area (Å²) in [5.74, 6) is 1.96. The van der Waals surface area contributed by atoms with Gasteiger partial charge in [-0.3, -0.25) is 4.79 Å². The maximum absolute atomic E-state index is 13.6. The summed E-state index contributed by atoms with van der Waals surface area (Å²) in [5, 5.41) is 11.9. The Morgan fingerprint density at radius 1 is 0.952 bits per heavy atom. The van der Waals surface area contributed by atoms with Gasteiger partial charge in [0.15, 0.2) is 0 Å². The maximum atomic E-state index is 13.6. The molecule has 0 spiro atoms. The molecule has 3 aromatic rings. The van der Waals surface area contributed by atoms with Crippen LogP contribution in [0.25, 0.3) is 0 Å². The number of hydrogen-bond donors (Lipinski definition) is 1. The number of alkyl carbamates (subject to hydrolysis) is 1. The highest BCUT2D eigenvalue weighted by Crippen LogP contribution is 2.30. The molecule has 1 saturated heterocycles. The molecule has 4 rings (SSSR count). The molecule has 2 amide bonds. The highest BCUT2D eigenvalue weighted by molar-refractivity contribution is 5.95. The van der Waals surface area contributed by atoms with Crippen LogP contribution in [0.15, 0.2) is 72.8 Å². The molecule has 220 valence electrons. The van der Waals surface area contributed by atoms with Crippen LogP contribution in [0.1, 0.15) is 61.5 Å². The summed E-state index contributed by atoms with van der Waals surface area (Å²) < 4.78 is 17.4. The third-order valence-corrected chi connectivity index (χ3v) is 6.97. The van der Waals surface area contributed by atoms with Gasteiger partial charge in [-0.05, 0) is 87.9 Å². The number of piperidine rings is 1. The van der Waals surface area contributed by atoms with Gasteiger partial charge in [0.25, 0.3) is 5.91 Å². The van der Waals surface area contributed by atoms with Crippen LogP contribution in [0, 0.1) is 17.2 Å². The quantitative estimate of drug-likeness (QED) is 0.290. The van der Waals surface area contributed by atoms with Crippen molar-refractivity contribution in [2.75, 3.05) is 26.2 Å². The maximum Gasteiger partial charge on any atom is 0.407 e. The fourth-order valence-corrected chi connectivity index (χ4v) is 4.80. The van der Waals surface area contributed by atoms with Gasteiger partial charge in [0.05, 0.1) is 18.2 Å². The predicted octanol–water partition coefficient (Wildman–Crippen LogP) is 6.74. The zero-order valence-corrected chi connectivity index (χ0v) is 24.6. The minimum Gasteiger partial charge on any atom is -0.493 e. The predicted molar refractivity (Wildman–Crippen MR) is 161 cm³/mol. The zero-order valence-electron chi connectivity index (χ0n) is 24.6. The number of nitriles is 1. The van der Waals surface area contributed by atoms with Crippen molar-refractivity contribution < 1.29 is 23.8 Å². The Hall–Kier alpha value is -4.51. The lowest BCUT2D eigenvalue weighted by atomic mass is 9.93. The average molecular weight is 570 g/mol. The van der Waals surface area contributed by atoms with Crippen molar-refractivity contribution in [2.24, 2.45) is 5.92 Å². The summed E-state index contributed by atoms with van der Waals surface area (Å²) in [6, 6.07) is 24.3. The number of amides is 2. The van der Waals surface area contributed by atoms with Crippen LogP contribution < -0.4 is 14.8 Å². The largest absolute Gasteiger partial charge is 0.493 e. The number of likely N-dealkylation sites (tertiary alicyclic amines) is 1. The minimum absolute atomic E-state index is 0.0708. The van der Waals surface area contributed by atoms with E-state index in [1.807, 2.05) is 43.9 Å². The summed E-state index contributed by atoms with van der Waals surface area (Å²) in [5.41, 5.74) is 1.69. The van der Waals surface area contributed by atoms with Crippen molar-refractivity contribution in [3.8, 4) is 23.3 Å². The number of rotatable bonds is 10. The van der Waals surface area contributed by atoms with Crippen LogP contribution in [-0.4, -0.2) is 48.7 Å².